The van der Waals surface area contributed by atoms with Gasteiger partial charge in [0.25, 0.3) is 0 Å². The highest BCUT2D eigenvalue weighted by atomic mass is 19.1. The summed E-state index contributed by atoms with van der Waals surface area (Å²) in [7, 11) is 0. The highest BCUT2D eigenvalue weighted by Gasteiger charge is 2.49. The molecule has 0 aliphatic carbocycles. The van der Waals surface area contributed by atoms with Crippen molar-refractivity contribution in [3.8, 4) is 0 Å². The lowest BCUT2D eigenvalue weighted by atomic mass is 9.81. The van der Waals surface area contributed by atoms with E-state index in [9.17, 15) is 9.18 Å². The number of benzene rings is 1. The Kier molecular flexibility index (Phi) is 1.65. The summed E-state index contributed by atoms with van der Waals surface area (Å²) in [6, 6.07) is 4.87. The molecule has 1 aromatic carbocycles. The number of anilines is 1. The van der Waals surface area contributed by atoms with Crippen LogP contribution >= 0.6 is 0 Å². The predicted octanol–water partition coefficient (Wildman–Crippen LogP) is 1.01. The first-order valence-corrected chi connectivity index (χ1v) is 5.05. The van der Waals surface area contributed by atoms with Crippen LogP contribution in [-0.2, 0) is 10.2 Å². The maximum absolute atomic E-state index is 13.5. The fourth-order valence-electron chi connectivity index (χ4n) is 2.52. The van der Waals surface area contributed by atoms with Crippen molar-refractivity contribution in [2.45, 2.75) is 11.8 Å². The Bertz CT molecular complexity index is 438. The minimum absolute atomic E-state index is 0.0763. The predicted molar refractivity (Wildman–Crippen MR) is 54.2 cm³/mol. The molecule has 1 fully saturated rings. The lowest BCUT2D eigenvalue weighted by Gasteiger charge is -2.19. The van der Waals surface area contributed by atoms with Crippen molar-refractivity contribution in [1.29, 1.82) is 0 Å². The molecule has 1 spiro atoms. The Morgan fingerprint density at radius 3 is 3.00 bits per heavy atom. The summed E-state index contributed by atoms with van der Waals surface area (Å²) in [5.41, 5.74) is 0.640. The summed E-state index contributed by atoms with van der Waals surface area (Å²) < 4.78 is 13.5. The molecule has 0 aromatic heterocycles. The van der Waals surface area contributed by atoms with Crippen molar-refractivity contribution < 1.29 is 9.18 Å². The molecule has 0 radical (unpaired) electrons. The molecule has 1 aromatic rings. The van der Waals surface area contributed by atoms with Gasteiger partial charge in [-0.15, -0.1) is 0 Å². The molecule has 2 aliphatic heterocycles. The monoisotopic (exact) mass is 206 g/mol. The van der Waals surface area contributed by atoms with Gasteiger partial charge in [0.05, 0.1) is 11.1 Å². The zero-order valence-corrected chi connectivity index (χ0v) is 8.14. The summed E-state index contributed by atoms with van der Waals surface area (Å²) in [5, 5.41) is 5.81. The molecule has 0 saturated carbocycles. The Balaban J connectivity index is 2.21. The summed E-state index contributed by atoms with van der Waals surface area (Å²) in [6.07, 6.45) is 0.745. The highest BCUT2D eigenvalue weighted by Crippen LogP contribution is 2.42. The first-order valence-electron chi connectivity index (χ1n) is 5.05. The molecule has 0 unspecified atom stereocenters. The largest absolute Gasteiger partial charge is 0.323 e. The average molecular weight is 206 g/mol. The number of fused-ring (bicyclic) bond motifs is 2. The average Bonchev–Trinajstić information content (AvgIpc) is 2.79. The van der Waals surface area contributed by atoms with Crippen molar-refractivity contribution in [2.24, 2.45) is 0 Å². The third kappa shape index (κ3) is 0.997. The molecule has 1 saturated heterocycles. The molecule has 2 heterocycles. The Morgan fingerprint density at radius 1 is 1.40 bits per heavy atom. The third-order valence-corrected chi connectivity index (χ3v) is 3.36. The van der Waals surface area contributed by atoms with E-state index in [0.717, 1.165) is 18.5 Å². The molecule has 15 heavy (non-hydrogen) atoms. The Labute approximate surface area is 86.7 Å². The SMILES string of the molecule is O=C1Nc2c(F)cccc2[C@@]12CCNC2. The summed E-state index contributed by atoms with van der Waals surface area (Å²) in [5.74, 6) is -0.419. The number of carbonyl (C=O) groups is 1. The van der Waals surface area contributed by atoms with Gasteiger partial charge in [0.15, 0.2) is 0 Å². The molecular weight excluding hydrogens is 195 g/mol. The van der Waals surface area contributed by atoms with Gasteiger partial charge in [-0.25, -0.2) is 4.39 Å². The van der Waals surface area contributed by atoms with Crippen molar-refractivity contribution in [1.82, 2.24) is 5.32 Å². The summed E-state index contributed by atoms with van der Waals surface area (Å²) >= 11 is 0. The maximum atomic E-state index is 13.5. The number of nitrogens with one attached hydrogen (secondary N) is 2. The van der Waals surface area contributed by atoms with Crippen LogP contribution < -0.4 is 10.6 Å². The van der Waals surface area contributed by atoms with Crippen molar-refractivity contribution in [2.75, 3.05) is 18.4 Å². The quantitative estimate of drug-likeness (QED) is 0.665. The van der Waals surface area contributed by atoms with E-state index in [1.54, 1.807) is 6.07 Å². The molecule has 78 valence electrons. The van der Waals surface area contributed by atoms with Gasteiger partial charge in [0, 0.05) is 6.54 Å². The van der Waals surface area contributed by atoms with Crippen LogP contribution in [0.4, 0.5) is 10.1 Å². The fourth-order valence-corrected chi connectivity index (χ4v) is 2.52. The lowest BCUT2D eigenvalue weighted by molar-refractivity contribution is -0.120. The van der Waals surface area contributed by atoms with Crippen LogP contribution in [0.5, 0.6) is 0 Å². The topological polar surface area (TPSA) is 41.1 Å². The number of para-hydroxylation sites is 1. The van der Waals surface area contributed by atoms with Crippen LogP contribution in [0.15, 0.2) is 18.2 Å². The molecule has 1 amide bonds. The van der Waals surface area contributed by atoms with Crippen LogP contribution in [0.2, 0.25) is 0 Å². The lowest BCUT2D eigenvalue weighted by Crippen LogP contribution is -2.36. The number of rotatable bonds is 0. The molecule has 3 rings (SSSR count). The Hall–Kier alpha value is -1.42. The molecule has 3 nitrogen and oxygen atoms in total. The van der Waals surface area contributed by atoms with E-state index in [0.29, 0.717) is 12.2 Å². The van der Waals surface area contributed by atoms with Crippen molar-refractivity contribution in [3.63, 3.8) is 0 Å². The minimum Gasteiger partial charge on any atom is -0.323 e. The van der Waals surface area contributed by atoms with Crippen LogP contribution in [0.1, 0.15) is 12.0 Å². The van der Waals surface area contributed by atoms with E-state index in [1.165, 1.54) is 6.07 Å². The molecule has 1 atom stereocenters. The molecular formula is C11H11FN2O. The zero-order chi connectivity index (χ0) is 10.5. The Morgan fingerprint density at radius 2 is 2.27 bits per heavy atom. The van der Waals surface area contributed by atoms with Gasteiger partial charge in [-0.1, -0.05) is 12.1 Å². The van der Waals surface area contributed by atoms with Crippen LogP contribution in [0.3, 0.4) is 0 Å². The van der Waals surface area contributed by atoms with Gasteiger partial charge in [0.2, 0.25) is 5.91 Å². The molecule has 0 bridgehead atoms. The van der Waals surface area contributed by atoms with E-state index in [-0.39, 0.29) is 11.7 Å². The summed E-state index contributed by atoms with van der Waals surface area (Å²) in [6.45, 7) is 1.42. The normalized spacial score (nSPS) is 28.2. The van der Waals surface area contributed by atoms with E-state index < -0.39 is 5.41 Å². The van der Waals surface area contributed by atoms with Crippen molar-refractivity contribution in [3.05, 3.63) is 29.6 Å². The van der Waals surface area contributed by atoms with Gasteiger partial charge in [-0.2, -0.15) is 0 Å². The van der Waals surface area contributed by atoms with E-state index >= 15 is 0 Å². The van der Waals surface area contributed by atoms with Gasteiger partial charge in [-0.05, 0) is 24.6 Å². The second-order valence-electron chi connectivity index (χ2n) is 4.13. The number of halogens is 1. The maximum Gasteiger partial charge on any atom is 0.236 e. The minimum atomic E-state index is -0.530. The summed E-state index contributed by atoms with van der Waals surface area (Å²) in [4.78, 5) is 11.9. The standard InChI is InChI=1S/C11H11FN2O/c12-8-3-1-2-7-9(8)14-10(15)11(7)4-5-13-6-11/h1-3,13H,4-6H2,(H,14,15)/t11-/m0/s1. The van der Waals surface area contributed by atoms with Gasteiger partial charge in [-0.3, -0.25) is 4.79 Å². The zero-order valence-electron chi connectivity index (χ0n) is 8.14. The van der Waals surface area contributed by atoms with Crippen molar-refractivity contribution >= 4 is 11.6 Å². The molecule has 2 aliphatic rings. The fraction of sp³-hybridized carbons (Fsp3) is 0.364. The molecule has 4 heteroatoms. The van der Waals surface area contributed by atoms with E-state index in [4.69, 9.17) is 0 Å². The van der Waals surface area contributed by atoms with E-state index in [2.05, 4.69) is 10.6 Å². The van der Waals surface area contributed by atoms with Crippen LogP contribution in [0.25, 0.3) is 0 Å². The van der Waals surface area contributed by atoms with Gasteiger partial charge in [0.1, 0.15) is 5.82 Å². The second-order valence-corrected chi connectivity index (χ2v) is 4.13. The first-order chi connectivity index (χ1) is 7.24. The molecule has 2 N–H and O–H groups in total. The van der Waals surface area contributed by atoms with E-state index in [1.807, 2.05) is 6.07 Å². The number of amides is 1. The highest BCUT2D eigenvalue weighted by molar-refractivity contribution is 6.06. The van der Waals surface area contributed by atoms with Gasteiger partial charge < -0.3 is 10.6 Å². The smallest absolute Gasteiger partial charge is 0.236 e. The second kappa shape index (κ2) is 2.79. The van der Waals surface area contributed by atoms with Gasteiger partial charge >= 0.3 is 0 Å². The van der Waals surface area contributed by atoms with Crippen LogP contribution in [-0.4, -0.2) is 19.0 Å². The number of hydrogen-bond donors (Lipinski definition) is 2. The first kappa shape index (κ1) is 8.85. The van der Waals surface area contributed by atoms with Crippen LogP contribution in [0, 0.1) is 5.82 Å². The number of carbonyl (C=O) groups excluding carboxylic acids is 1. The number of hydrogen-bond acceptors (Lipinski definition) is 2. The third-order valence-electron chi connectivity index (χ3n) is 3.36.